The lowest BCUT2D eigenvalue weighted by atomic mass is 10.1. The van der Waals surface area contributed by atoms with Crippen molar-refractivity contribution < 1.29 is 9.53 Å². The standard InChI is InChI=1S/C15H11BrCl2O2/c1-2-14(19)9-4-3-5-10(6-9)20-15-8-12(17)11(16)7-13(15)18/h3-8H,2H2,1H3. The maximum atomic E-state index is 11.7. The molecule has 2 rings (SSSR count). The van der Waals surface area contributed by atoms with E-state index in [1.807, 2.05) is 6.92 Å². The Labute approximate surface area is 135 Å². The Hall–Kier alpha value is -1.03. The van der Waals surface area contributed by atoms with Crippen LogP contribution in [-0.4, -0.2) is 5.78 Å². The molecule has 0 bridgehead atoms. The summed E-state index contributed by atoms with van der Waals surface area (Å²) in [7, 11) is 0. The molecule has 0 spiro atoms. The highest BCUT2D eigenvalue weighted by Crippen LogP contribution is 2.36. The van der Waals surface area contributed by atoms with E-state index in [1.165, 1.54) is 0 Å². The van der Waals surface area contributed by atoms with Crippen LogP contribution in [0.5, 0.6) is 11.5 Å². The van der Waals surface area contributed by atoms with E-state index >= 15 is 0 Å². The average Bonchev–Trinajstić information content (AvgIpc) is 2.44. The molecule has 0 saturated heterocycles. The van der Waals surface area contributed by atoms with Crippen molar-refractivity contribution in [2.24, 2.45) is 0 Å². The van der Waals surface area contributed by atoms with Crippen molar-refractivity contribution in [1.29, 1.82) is 0 Å². The quantitative estimate of drug-likeness (QED) is 0.475. The molecule has 0 aliphatic rings. The number of hydrogen-bond donors (Lipinski definition) is 0. The molecule has 0 heterocycles. The molecule has 20 heavy (non-hydrogen) atoms. The highest BCUT2D eigenvalue weighted by molar-refractivity contribution is 9.10. The molecule has 0 saturated carbocycles. The Bertz CT molecular complexity index is 656. The minimum atomic E-state index is 0.0652. The topological polar surface area (TPSA) is 26.3 Å². The maximum Gasteiger partial charge on any atom is 0.162 e. The van der Waals surface area contributed by atoms with Crippen LogP contribution in [0.1, 0.15) is 23.7 Å². The van der Waals surface area contributed by atoms with Crippen LogP contribution in [0.25, 0.3) is 0 Å². The number of ether oxygens (including phenoxy) is 1. The van der Waals surface area contributed by atoms with Crippen molar-refractivity contribution in [2.45, 2.75) is 13.3 Å². The highest BCUT2D eigenvalue weighted by Gasteiger charge is 2.09. The van der Waals surface area contributed by atoms with Crippen molar-refractivity contribution in [3.63, 3.8) is 0 Å². The molecule has 0 aliphatic heterocycles. The summed E-state index contributed by atoms with van der Waals surface area (Å²) in [5.41, 5.74) is 0.615. The Balaban J connectivity index is 2.31. The molecule has 0 amide bonds. The van der Waals surface area contributed by atoms with Crippen LogP contribution in [0, 0.1) is 0 Å². The molecular formula is C15H11BrCl2O2. The van der Waals surface area contributed by atoms with Crippen molar-refractivity contribution >= 4 is 44.9 Å². The van der Waals surface area contributed by atoms with Crippen LogP contribution < -0.4 is 4.74 Å². The second-order valence-electron chi connectivity index (χ2n) is 4.10. The molecule has 5 heteroatoms. The zero-order chi connectivity index (χ0) is 14.7. The Kier molecular flexibility index (Phi) is 5.08. The van der Waals surface area contributed by atoms with Crippen LogP contribution in [0.4, 0.5) is 0 Å². The molecular weight excluding hydrogens is 363 g/mol. The zero-order valence-electron chi connectivity index (χ0n) is 10.6. The number of hydrogen-bond acceptors (Lipinski definition) is 2. The summed E-state index contributed by atoms with van der Waals surface area (Å²) in [4.78, 5) is 11.7. The summed E-state index contributed by atoms with van der Waals surface area (Å²) < 4.78 is 6.39. The monoisotopic (exact) mass is 372 g/mol. The fraction of sp³-hybridized carbons (Fsp3) is 0.133. The second kappa shape index (κ2) is 6.61. The summed E-state index contributed by atoms with van der Waals surface area (Å²) >= 11 is 15.4. The van der Waals surface area contributed by atoms with Gasteiger partial charge in [-0.2, -0.15) is 0 Å². The zero-order valence-corrected chi connectivity index (χ0v) is 13.7. The summed E-state index contributed by atoms with van der Waals surface area (Å²) in [6, 6.07) is 10.3. The van der Waals surface area contributed by atoms with E-state index in [4.69, 9.17) is 27.9 Å². The number of Topliss-reactive ketones (excluding diaryl/α,β-unsaturated/α-hetero) is 1. The third-order valence-corrected chi connectivity index (χ3v) is 4.17. The summed E-state index contributed by atoms with van der Waals surface area (Å²) in [5, 5.41) is 0.943. The molecule has 0 radical (unpaired) electrons. The van der Waals surface area contributed by atoms with E-state index < -0.39 is 0 Å². The molecule has 0 aliphatic carbocycles. The van der Waals surface area contributed by atoms with Gasteiger partial charge in [-0.05, 0) is 34.1 Å². The van der Waals surface area contributed by atoms with Crippen molar-refractivity contribution in [3.8, 4) is 11.5 Å². The maximum absolute atomic E-state index is 11.7. The number of benzene rings is 2. The fourth-order valence-corrected chi connectivity index (χ4v) is 2.48. The lowest BCUT2D eigenvalue weighted by molar-refractivity contribution is 0.0988. The lowest BCUT2D eigenvalue weighted by Gasteiger charge is -2.10. The smallest absolute Gasteiger partial charge is 0.162 e. The van der Waals surface area contributed by atoms with Gasteiger partial charge in [0.2, 0.25) is 0 Å². The van der Waals surface area contributed by atoms with Gasteiger partial charge in [0.15, 0.2) is 5.78 Å². The Morgan fingerprint density at radius 2 is 1.95 bits per heavy atom. The van der Waals surface area contributed by atoms with Gasteiger partial charge >= 0.3 is 0 Å². The van der Waals surface area contributed by atoms with Gasteiger partial charge in [-0.3, -0.25) is 4.79 Å². The van der Waals surface area contributed by atoms with E-state index in [2.05, 4.69) is 15.9 Å². The Morgan fingerprint density at radius 1 is 1.20 bits per heavy atom. The van der Waals surface area contributed by atoms with Crippen LogP contribution in [0.15, 0.2) is 40.9 Å². The van der Waals surface area contributed by atoms with E-state index in [0.717, 1.165) is 0 Å². The minimum absolute atomic E-state index is 0.0652. The van der Waals surface area contributed by atoms with E-state index in [-0.39, 0.29) is 5.78 Å². The molecule has 0 aromatic heterocycles. The van der Waals surface area contributed by atoms with Crippen LogP contribution >= 0.6 is 39.1 Å². The van der Waals surface area contributed by atoms with E-state index in [9.17, 15) is 4.79 Å². The third-order valence-electron chi connectivity index (χ3n) is 2.68. The van der Waals surface area contributed by atoms with Gasteiger partial charge in [0.05, 0.1) is 10.0 Å². The van der Waals surface area contributed by atoms with E-state index in [0.29, 0.717) is 38.0 Å². The molecule has 0 unspecified atom stereocenters. The number of halogens is 3. The third kappa shape index (κ3) is 3.54. The minimum Gasteiger partial charge on any atom is -0.456 e. The summed E-state index contributed by atoms with van der Waals surface area (Å²) in [6.45, 7) is 1.82. The lowest BCUT2D eigenvalue weighted by Crippen LogP contribution is -1.96. The van der Waals surface area contributed by atoms with Crippen LogP contribution in [-0.2, 0) is 0 Å². The van der Waals surface area contributed by atoms with Crippen LogP contribution in [0.2, 0.25) is 10.0 Å². The van der Waals surface area contributed by atoms with Crippen molar-refractivity contribution in [3.05, 3.63) is 56.5 Å². The SMILES string of the molecule is CCC(=O)c1cccc(Oc2cc(Cl)c(Br)cc2Cl)c1. The molecule has 0 atom stereocenters. The van der Waals surface area contributed by atoms with E-state index in [1.54, 1.807) is 36.4 Å². The Morgan fingerprint density at radius 3 is 2.65 bits per heavy atom. The van der Waals surface area contributed by atoms with Crippen molar-refractivity contribution in [2.75, 3.05) is 0 Å². The fourth-order valence-electron chi connectivity index (χ4n) is 1.65. The molecule has 2 nitrogen and oxygen atoms in total. The number of carbonyl (C=O) groups excluding carboxylic acids is 1. The van der Waals surface area contributed by atoms with Gasteiger partial charge in [-0.1, -0.05) is 42.3 Å². The molecule has 0 fully saturated rings. The summed E-state index contributed by atoms with van der Waals surface area (Å²) in [6.07, 6.45) is 0.453. The van der Waals surface area contributed by atoms with Crippen LogP contribution in [0.3, 0.4) is 0 Å². The first-order valence-electron chi connectivity index (χ1n) is 5.97. The number of rotatable bonds is 4. The van der Waals surface area contributed by atoms with Crippen molar-refractivity contribution in [1.82, 2.24) is 0 Å². The van der Waals surface area contributed by atoms with Gasteiger partial charge in [-0.15, -0.1) is 0 Å². The second-order valence-corrected chi connectivity index (χ2v) is 5.77. The molecule has 2 aromatic rings. The molecule has 0 N–H and O–H groups in total. The van der Waals surface area contributed by atoms with Gasteiger partial charge in [0.25, 0.3) is 0 Å². The van der Waals surface area contributed by atoms with Gasteiger partial charge in [0, 0.05) is 22.5 Å². The average molecular weight is 374 g/mol. The number of ketones is 1. The van der Waals surface area contributed by atoms with Gasteiger partial charge in [0.1, 0.15) is 11.5 Å². The largest absolute Gasteiger partial charge is 0.456 e. The van der Waals surface area contributed by atoms with Gasteiger partial charge < -0.3 is 4.74 Å². The first kappa shape index (κ1) is 15.4. The summed E-state index contributed by atoms with van der Waals surface area (Å²) in [5.74, 6) is 1.06. The first-order chi connectivity index (χ1) is 9.51. The molecule has 2 aromatic carbocycles. The highest BCUT2D eigenvalue weighted by atomic mass is 79.9. The van der Waals surface area contributed by atoms with Gasteiger partial charge in [-0.25, -0.2) is 0 Å². The normalized spacial score (nSPS) is 10.4. The first-order valence-corrected chi connectivity index (χ1v) is 7.51. The molecule has 104 valence electrons. The number of carbonyl (C=O) groups is 1. The predicted molar refractivity (Wildman–Crippen MR) is 85.3 cm³/mol. The predicted octanol–water partition coefficient (Wildman–Crippen LogP) is 6.14.